The highest BCUT2D eigenvalue weighted by atomic mass is 16.5. The van der Waals surface area contributed by atoms with E-state index in [0.717, 1.165) is 37.4 Å². The molecule has 1 amide bonds. The van der Waals surface area contributed by atoms with Gasteiger partial charge in [0.15, 0.2) is 0 Å². The molecule has 1 fully saturated rings. The maximum absolute atomic E-state index is 12.7. The second-order valence-electron chi connectivity index (χ2n) is 7.47. The van der Waals surface area contributed by atoms with Crippen molar-refractivity contribution in [3.63, 3.8) is 0 Å². The Labute approximate surface area is 174 Å². The van der Waals surface area contributed by atoms with Gasteiger partial charge in [-0.05, 0) is 74.3 Å². The number of rotatable bonds is 10. The van der Waals surface area contributed by atoms with E-state index in [1.165, 1.54) is 18.4 Å². The van der Waals surface area contributed by atoms with Crippen LogP contribution in [0.5, 0.6) is 11.5 Å². The second kappa shape index (κ2) is 10.9. The molecule has 0 saturated carbocycles. The van der Waals surface area contributed by atoms with Crippen LogP contribution >= 0.6 is 0 Å². The van der Waals surface area contributed by atoms with Crippen LogP contribution < -0.4 is 14.8 Å². The minimum Gasteiger partial charge on any atom is -0.497 e. The van der Waals surface area contributed by atoms with Crippen LogP contribution in [0.15, 0.2) is 48.5 Å². The first-order valence-corrected chi connectivity index (χ1v) is 10.6. The zero-order valence-corrected chi connectivity index (χ0v) is 17.5. The lowest BCUT2D eigenvalue weighted by Crippen LogP contribution is -2.36. The Morgan fingerprint density at radius 3 is 2.31 bits per heavy atom. The smallest absolute Gasteiger partial charge is 0.251 e. The minimum atomic E-state index is -0.0529. The lowest BCUT2D eigenvalue weighted by Gasteiger charge is -2.28. The molecule has 0 spiro atoms. The molecule has 0 bridgehead atoms. The highest BCUT2D eigenvalue weighted by Gasteiger charge is 2.24. The van der Waals surface area contributed by atoms with Gasteiger partial charge in [0.05, 0.1) is 19.8 Å². The molecule has 5 nitrogen and oxygen atoms in total. The van der Waals surface area contributed by atoms with E-state index in [0.29, 0.717) is 18.7 Å². The fraction of sp³-hybridized carbons (Fsp3) is 0.458. The number of nitrogens with zero attached hydrogens (tertiary/aromatic N) is 1. The number of hydrogen-bond donors (Lipinski definition) is 1. The van der Waals surface area contributed by atoms with Gasteiger partial charge in [-0.3, -0.25) is 9.69 Å². The lowest BCUT2D eigenvalue weighted by molar-refractivity contribution is 0.0938. The number of ether oxygens (including phenoxy) is 2. The van der Waals surface area contributed by atoms with E-state index < -0.39 is 0 Å². The monoisotopic (exact) mass is 396 g/mol. The average Bonchev–Trinajstić information content (AvgIpc) is 3.29. The summed E-state index contributed by atoms with van der Waals surface area (Å²) >= 11 is 0. The van der Waals surface area contributed by atoms with Crippen molar-refractivity contribution in [2.75, 3.05) is 33.4 Å². The van der Waals surface area contributed by atoms with Crippen molar-refractivity contribution >= 4 is 5.91 Å². The van der Waals surface area contributed by atoms with Crippen LogP contribution in [0.1, 0.15) is 54.6 Å². The highest BCUT2D eigenvalue weighted by molar-refractivity contribution is 5.94. The van der Waals surface area contributed by atoms with Gasteiger partial charge in [-0.15, -0.1) is 0 Å². The first-order valence-electron chi connectivity index (χ1n) is 10.6. The van der Waals surface area contributed by atoms with Gasteiger partial charge < -0.3 is 14.8 Å². The Morgan fingerprint density at radius 2 is 1.69 bits per heavy atom. The van der Waals surface area contributed by atoms with E-state index in [2.05, 4.69) is 29.3 Å². The SMILES string of the molecule is CCCCOc1ccc(C(=O)NCC(c2ccc(OC)cc2)N2CCCC2)cc1. The third-order valence-corrected chi connectivity index (χ3v) is 5.42. The number of nitrogens with one attached hydrogen (secondary N) is 1. The summed E-state index contributed by atoms with van der Waals surface area (Å²) in [5.74, 6) is 1.60. The Bertz CT molecular complexity index is 753. The predicted octanol–water partition coefficient (Wildman–Crippen LogP) is 4.44. The normalized spacial score (nSPS) is 15.1. The van der Waals surface area contributed by atoms with Crippen molar-refractivity contribution < 1.29 is 14.3 Å². The fourth-order valence-electron chi connectivity index (χ4n) is 3.67. The molecule has 156 valence electrons. The molecule has 1 saturated heterocycles. The van der Waals surface area contributed by atoms with Gasteiger partial charge in [0, 0.05) is 12.1 Å². The third-order valence-electron chi connectivity index (χ3n) is 5.42. The molecule has 1 atom stereocenters. The van der Waals surface area contributed by atoms with Crippen LogP contribution in [0.3, 0.4) is 0 Å². The number of amides is 1. The number of carbonyl (C=O) groups is 1. The summed E-state index contributed by atoms with van der Waals surface area (Å²) in [6.07, 6.45) is 4.55. The zero-order valence-electron chi connectivity index (χ0n) is 17.5. The molecule has 1 aliphatic heterocycles. The summed E-state index contributed by atoms with van der Waals surface area (Å²) in [6, 6.07) is 15.7. The van der Waals surface area contributed by atoms with Crippen LogP contribution in [-0.2, 0) is 0 Å². The predicted molar refractivity (Wildman–Crippen MR) is 116 cm³/mol. The Hall–Kier alpha value is -2.53. The molecule has 0 aliphatic carbocycles. The van der Waals surface area contributed by atoms with Gasteiger partial charge in [0.1, 0.15) is 11.5 Å². The topological polar surface area (TPSA) is 50.8 Å². The van der Waals surface area contributed by atoms with Crippen molar-refractivity contribution in [1.29, 1.82) is 0 Å². The highest BCUT2D eigenvalue weighted by Crippen LogP contribution is 2.26. The molecular formula is C24H32N2O3. The molecule has 2 aromatic carbocycles. The molecule has 3 rings (SSSR count). The zero-order chi connectivity index (χ0) is 20.5. The molecule has 0 aromatic heterocycles. The molecular weight excluding hydrogens is 364 g/mol. The van der Waals surface area contributed by atoms with Crippen molar-refractivity contribution in [2.24, 2.45) is 0 Å². The molecule has 29 heavy (non-hydrogen) atoms. The summed E-state index contributed by atoms with van der Waals surface area (Å²) in [5, 5.41) is 3.12. The van der Waals surface area contributed by atoms with E-state index in [4.69, 9.17) is 9.47 Å². The summed E-state index contributed by atoms with van der Waals surface area (Å²) < 4.78 is 11.0. The van der Waals surface area contributed by atoms with Crippen molar-refractivity contribution in [3.8, 4) is 11.5 Å². The second-order valence-corrected chi connectivity index (χ2v) is 7.47. The summed E-state index contributed by atoms with van der Waals surface area (Å²) in [5.41, 5.74) is 1.86. The van der Waals surface area contributed by atoms with Crippen molar-refractivity contribution in [1.82, 2.24) is 10.2 Å². The van der Waals surface area contributed by atoms with E-state index in [1.807, 2.05) is 36.4 Å². The number of unbranched alkanes of at least 4 members (excludes halogenated alkanes) is 1. The Balaban J connectivity index is 1.61. The molecule has 0 radical (unpaired) electrons. The third kappa shape index (κ3) is 5.97. The van der Waals surface area contributed by atoms with Crippen LogP contribution in [0.25, 0.3) is 0 Å². The largest absolute Gasteiger partial charge is 0.497 e. The average molecular weight is 397 g/mol. The molecule has 1 heterocycles. The maximum atomic E-state index is 12.7. The number of hydrogen-bond acceptors (Lipinski definition) is 4. The van der Waals surface area contributed by atoms with Crippen LogP contribution in [0.4, 0.5) is 0 Å². The van der Waals surface area contributed by atoms with Crippen LogP contribution in [0.2, 0.25) is 0 Å². The van der Waals surface area contributed by atoms with Crippen LogP contribution in [0, 0.1) is 0 Å². The first kappa shape index (κ1) is 21.2. The lowest BCUT2D eigenvalue weighted by atomic mass is 10.0. The van der Waals surface area contributed by atoms with E-state index in [9.17, 15) is 4.79 Å². The van der Waals surface area contributed by atoms with Gasteiger partial charge in [0.2, 0.25) is 0 Å². The molecule has 2 aromatic rings. The Morgan fingerprint density at radius 1 is 1.03 bits per heavy atom. The quantitative estimate of drug-likeness (QED) is 0.603. The molecule has 1 N–H and O–H groups in total. The number of likely N-dealkylation sites (tertiary alicyclic amines) is 1. The molecule has 5 heteroatoms. The van der Waals surface area contributed by atoms with E-state index >= 15 is 0 Å². The van der Waals surface area contributed by atoms with Crippen molar-refractivity contribution in [3.05, 3.63) is 59.7 Å². The van der Waals surface area contributed by atoms with Crippen molar-refractivity contribution in [2.45, 2.75) is 38.6 Å². The van der Waals surface area contributed by atoms with Gasteiger partial charge in [-0.2, -0.15) is 0 Å². The van der Waals surface area contributed by atoms with Gasteiger partial charge in [0.25, 0.3) is 5.91 Å². The fourth-order valence-corrected chi connectivity index (χ4v) is 3.67. The molecule has 1 aliphatic rings. The summed E-state index contributed by atoms with van der Waals surface area (Å²) in [7, 11) is 1.67. The van der Waals surface area contributed by atoms with Gasteiger partial charge >= 0.3 is 0 Å². The first-order chi connectivity index (χ1) is 14.2. The summed E-state index contributed by atoms with van der Waals surface area (Å²) in [6.45, 7) is 5.56. The standard InChI is InChI=1S/C24H32N2O3/c1-3-4-17-29-22-13-9-20(10-14-22)24(27)25-18-23(26-15-5-6-16-26)19-7-11-21(28-2)12-8-19/h7-14,23H,3-6,15-18H2,1-2H3,(H,25,27). The number of carbonyl (C=O) groups excluding carboxylic acids is 1. The van der Waals surface area contributed by atoms with E-state index in [-0.39, 0.29) is 11.9 Å². The number of benzene rings is 2. The minimum absolute atomic E-state index is 0.0529. The van der Waals surface area contributed by atoms with E-state index in [1.54, 1.807) is 7.11 Å². The number of methoxy groups -OCH3 is 1. The summed E-state index contributed by atoms with van der Waals surface area (Å²) in [4.78, 5) is 15.1. The van der Waals surface area contributed by atoms with Crippen LogP contribution in [-0.4, -0.2) is 44.2 Å². The maximum Gasteiger partial charge on any atom is 0.251 e. The Kier molecular flexibility index (Phi) is 7.94. The molecule has 1 unspecified atom stereocenters. The van der Waals surface area contributed by atoms with Gasteiger partial charge in [-0.1, -0.05) is 25.5 Å². The van der Waals surface area contributed by atoms with Gasteiger partial charge in [-0.25, -0.2) is 0 Å².